The Balaban J connectivity index is 2.89. The highest BCUT2D eigenvalue weighted by Crippen LogP contribution is 2.29. The summed E-state index contributed by atoms with van der Waals surface area (Å²) in [5.74, 6) is 1.12. The van der Waals surface area contributed by atoms with Gasteiger partial charge >= 0.3 is 0 Å². The Morgan fingerprint density at radius 3 is 2.67 bits per heavy atom. The molecule has 0 aliphatic carbocycles. The molecule has 0 aliphatic rings. The molecule has 0 heterocycles. The predicted octanol–water partition coefficient (Wildman–Crippen LogP) is 3.19. The summed E-state index contributed by atoms with van der Waals surface area (Å²) < 4.78 is 5.11. The first-order valence-electron chi connectivity index (χ1n) is 5.26. The molecule has 2 nitrogen and oxygen atoms in total. The molecule has 0 aromatic heterocycles. The van der Waals surface area contributed by atoms with Gasteiger partial charge < -0.3 is 10.5 Å². The van der Waals surface area contributed by atoms with Crippen LogP contribution in [0.4, 0.5) is 0 Å². The molecule has 1 atom stereocenters. The van der Waals surface area contributed by atoms with Crippen LogP contribution < -0.4 is 10.5 Å². The van der Waals surface area contributed by atoms with E-state index in [9.17, 15) is 0 Å². The number of hydrogen-bond donors (Lipinski definition) is 1. The third-order valence-corrected chi connectivity index (χ3v) is 2.86. The monoisotopic (exact) mass is 227 g/mol. The Kier molecular flexibility index (Phi) is 4.92. The molecular weight excluding hydrogens is 210 g/mol. The number of nitrogens with two attached hydrogens (primary N) is 1. The molecule has 0 amide bonds. The zero-order valence-corrected chi connectivity index (χ0v) is 10.1. The van der Waals surface area contributed by atoms with E-state index in [0.29, 0.717) is 23.2 Å². The molecule has 0 bridgehead atoms. The van der Waals surface area contributed by atoms with Crippen LogP contribution in [-0.4, -0.2) is 13.7 Å². The summed E-state index contributed by atoms with van der Waals surface area (Å²) in [6.45, 7) is 2.82. The second-order valence-corrected chi connectivity index (χ2v) is 4.02. The standard InChI is InChI=1S/C12H18ClNO/c1-3-4-10(8-14)9-5-6-12(15-2)11(13)7-9/h5-7,10H,3-4,8,14H2,1-2H3. The lowest BCUT2D eigenvalue weighted by atomic mass is 9.95. The summed E-state index contributed by atoms with van der Waals surface area (Å²) in [4.78, 5) is 0. The van der Waals surface area contributed by atoms with E-state index in [2.05, 4.69) is 6.92 Å². The molecule has 0 saturated heterocycles. The normalized spacial score (nSPS) is 12.5. The third kappa shape index (κ3) is 3.11. The van der Waals surface area contributed by atoms with Crippen LogP contribution in [0.1, 0.15) is 31.2 Å². The van der Waals surface area contributed by atoms with E-state index in [1.807, 2.05) is 18.2 Å². The van der Waals surface area contributed by atoms with Crippen molar-refractivity contribution in [2.24, 2.45) is 5.73 Å². The van der Waals surface area contributed by atoms with Crippen molar-refractivity contribution in [1.29, 1.82) is 0 Å². The highest BCUT2D eigenvalue weighted by atomic mass is 35.5. The molecule has 1 rings (SSSR count). The number of ether oxygens (including phenoxy) is 1. The summed E-state index contributed by atoms with van der Waals surface area (Å²) in [6.07, 6.45) is 2.23. The number of methoxy groups -OCH3 is 1. The molecular formula is C12H18ClNO. The van der Waals surface area contributed by atoms with Gasteiger partial charge in [0.2, 0.25) is 0 Å². The Bertz CT molecular complexity index is 314. The smallest absolute Gasteiger partial charge is 0.137 e. The second-order valence-electron chi connectivity index (χ2n) is 3.62. The van der Waals surface area contributed by atoms with Crippen molar-refractivity contribution in [1.82, 2.24) is 0 Å². The van der Waals surface area contributed by atoms with Gasteiger partial charge in [-0.1, -0.05) is 31.0 Å². The molecule has 0 radical (unpaired) electrons. The first-order chi connectivity index (χ1) is 7.22. The minimum Gasteiger partial charge on any atom is -0.495 e. The lowest BCUT2D eigenvalue weighted by molar-refractivity contribution is 0.414. The van der Waals surface area contributed by atoms with E-state index in [-0.39, 0.29) is 0 Å². The van der Waals surface area contributed by atoms with Crippen molar-refractivity contribution < 1.29 is 4.74 Å². The van der Waals surface area contributed by atoms with Crippen molar-refractivity contribution in [2.75, 3.05) is 13.7 Å². The number of halogens is 1. The molecule has 0 spiro atoms. The highest BCUT2D eigenvalue weighted by molar-refractivity contribution is 6.32. The Morgan fingerprint density at radius 1 is 1.47 bits per heavy atom. The first-order valence-corrected chi connectivity index (χ1v) is 5.64. The second kappa shape index (κ2) is 5.99. The quantitative estimate of drug-likeness (QED) is 0.839. The average Bonchev–Trinajstić information content (AvgIpc) is 2.25. The van der Waals surface area contributed by atoms with Crippen LogP contribution in [-0.2, 0) is 0 Å². The van der Waals surface area contributed by atoms with Crippen molar-refractivity contribution in [3.8, 4) is 5.75 Å². The van der Waals surface area contributed by atoms with E-state index in [1.54, 1.807) is 7.11 Å². The largest absolute Gasteiger partial charge is 0.495 e. The Labute approximate surface area is 96.4 Å². The predicted molar refractivity (Wildman–Crippen MR) is 64.7 cm³/mol. The van der Waals surface area contributed by atoms with E-state index in [1.165, 1.54) is 5.56 Å². The first kappa shape index (κ1) is 12.3. The van der Waals surface area contributed by atoms with Crippen LogP contribution >= 0.6 is 11.6 Å². The average molecular weight is 228 g/mol. The van der Waals surface area contributed by atoms with Crippen molar-refractivity contribution >= 4 is 11.6 Å². The van der Waals surface area contributed by atoms with Gasteiger partial charge in [0.1, 0.15) is 5.75 Å². The fraction of sp³-hybridized carbons (Fsp3) is 0.500. The maximum absolute atomic E-state index is 6.06. The minimum absolute atomic E-state index is 0.401. The molecule has 3 heteroatoms. The van der Waals surface area contributed by atoms with E-state index in [4.69, 9.17) is 22.1 Å². The topological polar surface area (TPSA) is 35.2 Å². The highest BCUT2D eigenvalue weighted by Gasteiger charge is 2.10. The van der Waals surface area contributed by atoms with Crippen LogP contribution in [0.5, 0.6) is 5.75 Å². The lowest BCUT2D eigenvalue weighted by Crippen LogP contribution is -2.12. The van der Waals surface area contributed by atoms with Crippen LogP contribution in [0.2, 0.25) is 5.02 Å². The number of hydrogen-bond acceptors (Lipinski definition) is 2. The molecule has 0 aliphatic heterocycles. The van der Waals surface area contributed by atoms with Gasteiger partial charge in [-0.25, -0.2) is 0 Å². The van der Waals surface area contributed by atoms with E-state index in [0.717, 1.165) is 12.8 Å². The molecule has 1 aromatic rings. The summed E-state index contributed by atoms with van der Waals surface area (Å²) in [5.41, 5.74) is 6.94. The zero-order valence-electron chi connectivity index (χ0n) is 9.29. The Morgan fingerprint density at radius 2 is 2.20 bits per heavy atom. The van der Waals surface area contributed by atoms with Crippen LogP contribution in [0, 0.1) is 0 Å². The van der Waals surface area contributed by atoms with Gasteiger partial charge in [0.15, 0.2) is 0 Å². The summed E-state index contributed by atoms with van der Waals surface area (Å²) in [5, 5.41) is 0.657. The maximum Gasteiger partial charge on any atom is 0.137 e. The number of rotatable bonds is 5. The fourth-order valence-electron chi connectivity index (χ4n) is 1.71. The van der Waals surface area contributed by atoms with Gasteiger partial charge in [-0.3, -0.25) is 0 Å². The minimum atomic E-state index is 0.401. The summed E-state index contributed by atoms with van der Waals surface area (Å²) >= 11 is 6.06. The molecule has 1 aromatic carbocycles. The van der Waals surface area contributed by atoms with Crippen LogP contribution in [0.25, 0.3) is 0 Å². The maximum atomic E-state index is 6.06. The van der Waals surface area contributed by atoms with Crippen molar-refractivity contribution in [2.45, 2.75) is 25.7 Å². The Hall–Kier alpha value is -0.730. The van der Waals surface area contributed by atoms with Gasteiger partial charge in [-0.2, -0.15) is 0 Å². The molecule has 15 heavy (non-hydrogen) atoms. The zero-order chi connectivity index (χ0) is 11.3. The fourth-order valence-corrected chi connectivity index (χ4v) is 1.97. The number of benzene rings is 1. The van der Waals surface area contributed by atoms with Crippen molar-refractivity contribution in [3.63, 3.8) is 0 Å². The van der Waals surface area contributed by atoms with Gasteiger partial charge in [-0.05, 0) is 36.6 Å². The van der Waals surface area contributed by atoms with Gasteiger partial charge in [-0.15, -0.1) is 0 Å². The molecule has 0 fully saturated rings. The SMILES string of the molecule is CCCC(CN)c1ccc(OC)c(Cl)c1. The lowest BCUT2D eigenvalue weighted by Gasteiger charge is -2.15. The molecule has 1 unspecified atom stereocenters. The van der Waals surface area contributed by atoms with Crippen LogP contribution in [0.15, 0.2) is 18.2 Å². The van der Waals surface area contributed by atoms with Gasteiger partial charge in [0.05, 0.1) is 12.1 Å². The van der Waals surface area contributed by atoms with E-state index < -0.39 is 0 Å². The van der Waals surface area contributed by atoms with Crippen molar-refractivity contribution in [3.05, 3.63) is 28.8 Å². The molecule has 0 saturated carbocycles. The summed E-state index contributed by atoms with van der Waals surface area (Å²) in [6, 6.07) is 5.89. The van der Waals surface area contributed by atoms with Crippen LogP contribution in [0.3, 0.4) is 0 Å². The molecule has 2 N–H and O–H groups in total. The summed E-state index contributed by atoms with van der Waals surface area (Å²) in [7, 11) is 1.62. The van der Waals surface area contributed by atoms with E-state index >= 15 is 0 Å². The third-order valence-electron chi connectivity index (χ3n) is 2.57. The molecule has 84 valence electrons. The van der Waals surface area contributed by atoms with Gasteiger partial charge in [0.25, 0.3) is 0 Å². The van der Waals surface area contributed by atoms with Gasteiger partial charge in [0, 0.05) is 0 Å².